The van der Waals surface area contributed by atoms with E-state index in [0.717, 1.165) is 11.5 Å². The molecular formula is C10H19N2O2S. The van der Waals surface area contributed by atoms with Gasteiger partial charge in [-0.05, 0) is 13.3 Å². The van der Waals surface area contributed by atoms with E-state index in [1.807, 2.05) is 0 Å². The fourth-order valence-corrected chi connectivity index (χ4v) is 2.00. The van der Waals surface area contributed by atoms with Crippen LogP contribution in [0.4, 0.5) is 0 Å². The SMILES string of the molecule is CNC(=O)[CH]CC(CSCCN)C(C)=O. The van der Waals surface area contributed by atoms with Gasteiger partial charge in [0, 0.05) is 31.0 Å². The molecule has 0 aromatic carbocycles. The number of nitrogens with one attached hydrogen (secondary N) is 1. The monoisotopic (exact) mass is 231 g/mol. The average Bonchev–Trinajstić information content (AvgIpc) is 2.22. The Labute approximate surface area is 95.4 Å². The summed E-state index contributed by atoms with van der Waals surface area (Å²) in [5.41, 5.74) is 5.36. The molecule has 0 saturated heterocycles. The number of Topliss-reactive ketones (excluding diaryl/α,β-unsaturated/α-hetero) is 1. The van der Waals surface area contributed by atoms with Gasteiger partial charge in [-0.25, -0.2) is 0 Å². The molecule has 0 rings (SSSR count). The molecule has 5 heteroatoms. The molecule has 0 aliphatic rings. The lowest BCUT2D eigenvalue weighted by atomic mass is 10.0. The van der Waals surface area contributed by atoms with Crippen LogP contribution < -0.4 is 11.1 Å². The first-order valence-electron chi connectivity index (χ1n) is 4.95. The van der Waals surface area contributed by atoms with Crippen LogP contribution in [0.1, 0.15) is 13.3 Å². The van der Waals surface area contributed by atoms with E-state index in [0.29, 0.717) is 13.0 Å². The van der Waals surface area contributed by atoms with E-state index in [2.05, 4.69) is 5.32 Å². The van der Waals surface area contributed by atoms with Gasteiger partial charge in [0.2, 0.25) is 5.91 Å². The topological polar surface area (TPSA) is 72.2 Å². The number of carbonyl (C=O) groups is 2. The fraction of sp³-hybridized carbons (Fsp3) is 0.700. The van der Waals surface area contributed by atoms with Crippen LogP contribution in [0.5, 0.6) is 0 Å². The Balaban J connectivity index is 3.83. The Morgan fingerprint density at radius 3 is 2.67 bits per heavy atom. The minimum absolute atomic E-state index is 0.0705. The maximum Gasteiger partial charge on any atom is 0.223 e. The molecule has 0 aromatic heterocycles. The zero-order chi connectivity index (χ0) is 11.7. The first kappa shape index (κ1) is 14.5. The molecule has 4 nitrogen and oxygen atoms in total. The number of nitrogens with two attached hydrogens (primary N) is 1. The van der Waals surface area contributed by atoms with Crippen molar-refractivity contribution in [1.82, 2.24) is 5.32 Å². The first-order chi connectivity index (χ1) is 7.11. The number of hydrogen-bond acceptors (Lipinski definition) is 4. The molecular weight excluding hydrogens is 212 g/mol. The van der Waals surface area contributed by atoms with Gasteiger partial charge in [-0.1, -0.05) is 0 Å². The summed E-state index contributed by atoms with van der Waals surface area (Å²) < 4.78 is 0. The molecule has 0 bridgehead atoms. The van der Waals surface area contributed by atoms with Crippen molar-refractivity contribution in [2.45, 2.75) is 13.3 Å². The lowest BCUT2D eigenvalue weighted by Crippen LogP contribution is -2.22. The van der Waals surface area contributed by atoms with Crippen molar-refractivity contribution in [3.8, 4) is 0 Å². The highest BCUT2D eigenvalue weighted by Gasteiger charge is 2.15. The summed E-state index contributed by atoms with van der Waals surface area (Å²) in [6.45, 7) is 2.18. The van der Waals surface area contributed by atoms with E-state index in [4.69, 9.17) is 5.73 Å². The Morgan fingerprint density at radius 1 is 1.53 bits per heavy atom. The average molecular weight is 231 g/mol. The summed E-state index contributed by atoms with van der Waals surface area (Å²) in [6.07, 6.45) is 2.03. The summed E-state index contributed by atoms with van der Waals surface area (Å²) >= 11 is 1.65. The lowest BCUT2D eigenvalue weighted by molar-refractivity contribution is -0.120. The molecule has 0 saturated carbocycles. The van der Waals surface area contributed by atoms with E-state index < -0.39 is 0 Å². The van der Waals surface area contributed by atoms with Gasteiger partial charge >= 0.3 is 0 Å². The second-order valence-corrected chi connectivity index (χ2v) is 4.38. The summed E-state index contributed by atoms with van der Waals surface area (Å²) in [5.74, 6) is 1.51. The van der Waals surface area contributed by atoms with E-state index in [9.17, 15) is 9.59 Å². The highest BCUT2D eigenvalue weighted by molar-refractivity contribution is 7.99. The molecule has 0 aromatic rings. The number of hydrogen-bond donors (Lipinski definition) is 2. The zero-order valence-electron chi connectivity index (χ0n) is 9.29. The summed E-state index contributed by atoms with van der Waals surface area (Å²) in [5, 5.41) is 2.49. The van der Waals surface area contributed by atoms with Crippen LogP contribution in [0.15, 0.2) is 0 Å². The van der Waals surface area contributed by atoms with Crippen molar-refractivity contribution in [1.29, 1.82) is 0 Å². The molecule has 15 heavy (non-hydrogen) atoms. The number of rotatable bonds is 8. The predicted octanol–water partition coefficient (Wildman–Crippen LogP) is 0.224. The van der Waals surface area contributed by atoms with Crippen molar-refractivity contribution >= 4 is 23.5 Å². The fourth-order valence-electron chi connectivity index (χ4n) is 1.01. The molecule has 0 aliphatic heterocycles. The van der Waals surface area contributed by atoms with E-state index in [1.165, 1.54) is 6.42 Å². The molecule has 1 atom stereocenters. The van der Waals surface area contributed by atoms with Crippen molar-refractivity contribution < 1.29 is 9.59 Å². The number of carbonyl (C=O) groups excluding carboxylic acids is 2. The third-order valence-electron chi connectivity index (χ3n) is 1.99. The third kappa shape index (κ3) is 7.39. The maximum absolute atomic E-state index is 11.2. The third-order valence-corrected chi connectivity index (χ3v) is 3.15. The lowest BCUT2D eigenvalue weighted by Gasteiger charge is -2.12. The molecule has 3 N–H and O–H groups in total. The van der Waals surface area contributed by atoms with Gasteiger partial charge in [0.1, 0.15) is 5.78 Å². The van der Waals surface area contributed by atoms with Crippen molar-refractivity contribution in [3.05, 3.63) is 6.42 Å². The van der Waals surface area contributed by atoms with Crippen LogP contribution in [0, 0.1) is 12.3 Å². The highest BCUT2D eigenvalue weighted by atomic mass is 32.2. The van der Waals surface area contributed by atoms with E-state index >= 15 is 0 Å². The molecule has 1 unspecified atom stereocenters. The number of ketones is 1. The van der Waals surface area contributed by atoms with Crippen molar-refractivity contribution in [3.63, 3.8) is 0 Å². The quantitative estimate of drug-likeness (QED) is 0.586. The van der Waals surface area contributed by atoms with Gasteiger partial charge < -0.3 is 11.1 Å². The van der Waals surface area contributed by atoms with Gasteiger partial charge in [-0.2, -0.15) is 11.8 Å². The molecule has 0 spiro atoms. The minimum Gasteiger partial charge on any atom is -0.359 e. The normalized spacial score (nSPS) is 12.2. The first-order valence-corrected chi connectivity index (χ1v) is 6.10. The molecule has 0 aliphatic carbocycles. The minimum atomic E-state index is -0.134. The van der Waals surface area contributed by atoms with Gasteiger partial charge in [0.15, 0.2) is 0 Å². The smallest absolute Gasteiger partial charge is 0.223 e. The van der Waals surface area contributed by atoms with E-state index in [1.54, 1.807) is 25.7 Å². The Morgan fingerprint density at radius 2 is 2.20 bits per heavy atom. The Bertz CT molecular complexity index is 210. The highest BCUT2D eigenvalue weighted by Crippen LogP contribution is 2.14. The maximum atomic E-state index is 11.2. The second-order valence-electron chi connectivity index (χ2n) is 3.23. The Hall–Kier alpha value is -0.550. The number of thioether (sulfide) groups is 1. The number of amides is 1. The molecule has 1 amide bonds. The largest absolute Gasteiger partial charge is 0.359 e. The molecule has 1 radical (unpaired) electrons. The summed E-state index contributed by atoms with van der Waals surface area (Å²) in [7, 11) is 1.57. The second kappa shape index (κ2) is 8.73. The molecule has 0 heterocycles. The summed E-state index contributed by atoms with van der Waals surface area (Å²) in [4.78, 5) is 22.2. The Kier molecular flexibility index (Phi) is 8.41. The van der Waals surface area contributed by atoms with Gasteiger partial charge in [0.05, 0.1) is 6.42 Å². The van der Waals surface area contributed by atoms with Crippen LogP contribution >= 0.6 is 11.8 Å². The van der Waals surface area contributed by atoms with Gasteiger partial charge in [-0.15, -0.1) is 0 Å². The van der Waals surface area contributed by atoms with Crippen LogP contribution in [-0.2, 0) is 9.59 Å². The van der Waals surface area contributed by atoms with Crippen LogP contribution in [0.2, 0.25) is 0 Å². The van der Waals surface area contributed by atoms with Crippen LogP contribution in [0.3, 0.4) is 0 Å². The van der Waals surface area contributed by atoms with Gasteiger partial charge in [0.25, 0.3) is 0 Å². The standard InChI is InChI=1S/C10H19N2O2S/c1-8(13)9(7-15-6-5-11)3-4-10(14)12-2/h4,9H,3,5-7,11H2,1-2H3,(H,12,14). The zero-order valence-corrected chi connectivity index (χ0v) is 10.1. The predicted molar refractivity (Wildman–Crippen MR) is 63.5 cm³/mol. The van der Waals surface area contributed by atoms with Crippen molar-refractivity contribution in [2.24, 2.45) is 11.7 Å². The van der Waals surface area contributed by atoms with Crippen LogP contribution in [0.25, 0.3) is 0 Å². The van der Waals surface area contributed by atoms with Crippen molar-refractivity contribution in [2.75, 3.05) is 25.1 Å². The van der Waals surface area contributed by atoms with Crippen LogP contribution in [-0.4, -0.2) is 36.8 Å². The summed E-state index contributed by atoms with van der Waals surface area (Å²) in [6, 6.07) is 0. The van der Waals surface area contributed by atoms with Gasteiger partial charge in [-0.3, -0.25) is 9.59 Å². The molecule has 0 fully saturated rings. The van der Waals surface area contributed by atoms with E-state index in [-0.39, 0.29) is 17.6 Å². The molecule has 87 valence electrons.